The van der Waals surface area contributed by atoms with E-state index in [9.17, 15) is 46.2 Å². The lowest BCUT2D eigenvalue weighted by Gasteiger charge is -2.19. The molecule has 0 radical (unpaired) electrons. The van der Waals surface area contributed by atoms with Gasteiger partial charge in [0.25, 0.3) is 5.91 Å². The molecule has 0 bridgehead atoms. The fraction of sp³-hybridized carbons (Fsp3) is 0.324. The minimum Gasteiger partial charge on any atom is -0.480 e. The van der Waals surface area contributed by atoms with E-state index in [2.05, 4.69) is 41.5 Å². The molecule has 1 heterocycles. The Hall–Kier alpha value is -6.11. The minimum absolute atomic E-state index is 0.0394. The summed E-state index contributed by atoms with van der Waals surface area (Å²) >= 11 is 6.01. The average Bonchev–Trinajstić information content (AvgIpc) is 4.11. The van der Waals surface area contributed by atoms with Crippen LogP contribution in [-0.4, -0.2) is 75.7 Å². The first-order chi connectivity index (χ1) is 27.1. The molecule has 6 N–H and O–H groups in total. The number of amides is 3. The van der Waals surface area contributed by atoms with E-state index in [0.717, 1.165) is 23.8 Å². The van der Waals surface area contributed by atoms with Crippen LogP contribution in [0.5, 0.6) is 6.01 Å². The highest BCUT2D eigenvalue weighted by Gasteiger charge is 2.45. The van der Waals surface area contributed by atoms with E-state index in [-0.39, 0.29) is 54.4 Å². The average molecular weight is 817 g/mol. The summed E-state index contributed by atoms with van der Waals surface area (Å²) in [5, 5.41) is 23.2. The molecule has 3 atom stereocenters. The highest BCUT2D eigenvalue weighted by molar-refractivity contribution is 6.35. The zero-order valence-electron chi connectivity index (χ0n) is 29.6. The van der Waals surface area contributed by atoms with Crippen LogP contribution in [0.15, 0.2) is 66.7 Å². The number of carbonyl (C=O) groups is 4. The molecular formula is C37H34ClF5N8O6. The number of carboxylic acids is 1. The molecule has 4 aromatic rings. The summed E-state index contributed by atoms with van der Waals surface area (Å²) in [6.45, 7) is -1.89. The van der Waals surface area contributed by atoms with Crippen molar-refractivity contribution in [3.05, 3.63) is 100 Å². The van der Waals surface area contributed by atoms with E-state index >= 15 is 0 Å². The fourth-order valence-electron chi connectivity index (χ4n) is 5.97. The van der Waals surface area contributed by atoms with Gasteiger partial charge in [-0.2, -0.15) is 28.1 Å². The molecule has 6 rings (SSSR count). The first kappa shape index (κ1) is 40.6. The maximum atomic E-state index is 14.0. The summed E-state index contributed by atoms with van der Waals surface area (Å²) in [7, 11) is 0. The standard InChI is InChI=1S/C37H34ClF5N8O6/c38-22-5-3-21(4-6-22)36(12-13-36)51-34-48-33(49-35(50-34)57-18-37(41,42)43)46-24-8-1-19(2-9-24)29(52)47-28(32(55)56)11-14-44-30(53)31(54)45-17-20-15-25(20)26-16-23(39)7-10-27(26)40/h1-10,16,20,25,28H,11-15,17-18H2,(H,44,53)(H,45,54)(H,47,52)(H,55,56)(H2,46,48,49,50,51)/t20?,25?,28-/m0/s1. The van der Waals surface area contributed by atoms with E-state index in [4.69, 9.17) is 16.3 Å². The second-order valence-electron chi connectivity index (χ2n) is 13.5. The number of nitrogens with one attached hydrogen (secondary N) is 5. The summed E-state index contributed by atoms with van der Waals surface area (Å²) in [6.07, 6.45) is -3.07. The number of ether oxygens (including phenoxy) is 1. The molecule has 0 aliphatic heterocycles. The van der Waals surface area contributed by atoms with Crippen LogP contribution in [-0.2, 0) is 19.9 Å². The van der Waals surface area contributed by atoms with Gasteiger partial charge in [0.15, 0.2) is 6.61 Å². The van der Waals surface area contributed by atoms with Gasteiger partial charge in [0.05, 0.1) is 5.54 Å². The molecule has 300 valence electrons. The molecule has 20 heteroatoms. The first-order valence-corrected chi connectivity index (χ1v) is 17.9. The van der Waals surface area contributed by atoms with Gasteiger partial charge in [-0.1, -0.05) is 23.7 Å². The third-order valence-electron chi connectivity index (χ3n) is 9.21. The van der Waals surface area contributed by atoms with Crippen LogP contribution in [0.1, 0.15) is 53.1 Å². The second kappa shape index (κ2) is 16.9. The Morgan fingerprint density at radius 1 is 0.912 bits per heavy atom. The number of aromatic nitrogens is 3. The molecule has 2 saturated carbocycles. The number of halogens is 6. The molecule has 2 fully saturated rings. The summed E-state index contributed by atoms with van der Waals surface area (Å²) < 4.78 is 71.1. The lowest BCUT2D eigenvalue weighted by atomic mass is 10.1. The third-order valence-corrected chi connectivity index (χ3v) is 9.47. The number of aliphatic carboxylic acids is 1. The smallest absolute Gasteiger partial charge is 0.422 e. The van der Waals surface area contributed by atoms with Gasteiger partial charge in [0.1, 0.15) is 17.7 Å². The van der Waals surface area contributed by atoms with E-state index in [1.165, 1.54) is 24.3 Å². The second-order valence-corrected chi connectivity index (χ2v) is 13.9. The van der Waals surface area contributed by atoms with Crippen molar-refractivity contribution < 1.29 is 51.0 Å². The number of alkyl halides is 3. The molecule has 0 saturated heterocycles. The molecule has 2 aliphatic rings. The number of hydrogen-bond acceptors (Lipinski definition) is 10. The summed E-state index contributed by atoms with van der Waals surface area (Å²) in [6, 6.07) is 13.7. The predicted octanol–water partition coefficient (Wildman–Crippen LogP) is 5.20. The molecule has 2 unspecified atom stereocenters. The van der Waals surface area contributed by atoms with Gasteiger partial charge in [-0.05, 0) is 103 Å². The molecular weight excluding hydrogens is 783 g/mol. The van der Waals surface area contributed by atoms with E-state index in [1.54, 1.807) is 12.1 Å². The Labute approximate surface area is 326 Å². The van der Waals surface area contributed by atoms with Crippen LogP contribution in [0, 0.1) is 17.6 Å². The maximum absolute atomic E-state index is 14.0. The Bertz CT molecular complexity index is 2140. The van der Waals surface area contributed by atoms with Crippen LogP contribution >= 0.6 is 11.6 Å². The topological polar surface area (TPSA) is 197 Å². The van der Waals surface area contributed by atoms with Gasteiger partial charge in [0.2, 0.25) is 11.9 Å². The van der Waals surface area contributed by atoms with E-state index < -0.39 is 65.7 Å². The Balaban J connectivity index is 1.00. The minimum atomic E-state index is -4.66. The highest BCUT2D eigenvalue weighted by Crippen LogP contribution is 2.49. The number of rotatable bonds is 16. The van der Waals surface area contributed by atoms with Crippen molar-refractivity contribution in [3.8, 4) is 6.01 Å². The maximum Gasteiger partial charge on any atom is 0.422 e. The summed E-state index contributed by atoms with van der Waals surface area (Å²) in [5.41, 5.74) is 0.831. The highest BCUT2D eigenvalue weighted by atomic mass is 35.5. The van der Waals surface area contributed by atoms with Crippen LogP contribution in [0.4, 0.5) is 39.5 Å². The van der Waals surface area contributed by atoms with Crippen molar-refractivity contribution in [3.63, 3.8) is 0 Å². The van der Waals surface area contributed by atoms with Gasteiger partial charge >= 0.3 is 30.0 Å². The lowest BCUT2D eigenvalue weighted by Crippen LogP contribution is -2.45. The van der Waals surface area contributed by atoms with Crippen molar-refractivity contribution >= 4 is 52.9 Å². The molecule has 3 amide bonds. The third kappa shape index (κ3) is 11.0. The van der Waals surface area contributed by atoms with Crippen molar-refractivity contribution in [1.82, 2.24) is 30.9 Å². The zero-order valence-corrected chi connectivity index (χ0v) is 30.4. The molecule has 57 heavy (non-hydrogen) atoms. The van der Waals surface area contributed by atoms with Crippen LogP contribution < -0.4 is 31.3 Å². The van der Waals surface area contributed by atoms with Crippen molar-refractivity contribution in [2.45, 2.75) is 49.4 Å². The first-order valence-electron chi connectivity index (χ1n) is 17.5. The van der Waals surface area contributed by atoms with Crippen LogP contribution in [0.2, 0.25) is 5.02 Å². The SMILES string of the molecule is O=C(NCC[C@H](NC(=O)c1ccc(Nc2nc(NC3(c4ccc(Cl)cc4)CC3)nc(OCC(F)(F)F)n2)cc1)C(=O)O)C(=O)NCC1CC1c1cc(F)ccc1F. The zero-order chi connectivity index (χ0) is 40.9. The monoisotopic (exact) mass is 816 g/mol. The fourth-order valence-corrected chi connectivity index (χ4v) is 6.10. The van der Waals surface area contributed by atoms with Crippen molar-refractivity contribution in [2.75, 3.05) is 30.3 Å². The van der Waals surface area contributed by atoms with Crippen molar-refractivity contribution in [1.29, 1.82) is 0 Å². The van der Waals surface area contributed by atoms with E-state index in [0.29, 0.717) is 30.0 Å². The Morgan fingerprint density at radius 3 is 2.26 bits per heavy atom. The number of nitrogens with zero attached hydrogens (tertiary/aromatic N) is 3. The number of carbonyl (C=O) groups excluding carboxylic acids is 3. The predicted molar refractivity (Wildman–Crippen MR) is 194 cm³/mol. The van der Waals surface area contributed by atoms with Gasteiger partial charge in [-0.15, -0.1) is 0 Å². The van der Waals surface area contributed by atoms with Crippen LogP contribution in [0.25, 0.3) is 0 Å². The molecule has 1 aromatic heterocycles. The Morgan fingerprint density at radius 2 is 1.60 bits per heavy atom. The molecule has 3 aromatic carbocycles. The van der Waals surface area contributed by atoms with Gasteiger partial charge in [0, 0.05) is 29.4 Å². The number of anilines is 3. The normalized spacial score (nSPS) is 17.1. The quantitative estimate of drug-likeness (QED) is 0.0643. The van der Waals surface area contributed by atoms with Gasteiger partial charge < -0.3 is 36.4 Å². The number of carboxylic acid groups (broad SMARTS) is 1. The largest absolute Gasteiger partial charge is 0.480 e. The molecule has 0 spiro atoms. The summed E-state index contributed by atoms with van der Waals surface area (Å²) in [4.78, 5) is 61.6. The number of benzene rings is 3. The van der Waals surface area contributed by atoms with Crippen LogP contribution in [0.3, 0.4) is 0 Å². The van der Waals surface area contributed by atoms with Gasteiger partial charge in [-0.25, -0.2) is 13.6 Å². The van der Waals surface area contributed by atoms with Gasteiger partial charge in [-0.3, -0.25) is 14.4 Å². The molecule has 14 nitrogen and oxygen atoms in total. The summed E-state index contributed by atoms with van der Waals surface area (Å²) in [5.74, 6) is -6.09. The van der Waals surface area contributed by atoms with E-state index in [1.807, 2.05) is 12.1 Å². The number of hydrogen-bond donors (Lipinski definition) is 6. The van der Waals surface area contributed by atoms with Crippen molar-refractivity contribution in [2.24, 2.45) is 5.92 Å². The molecule has 2 aliphatic carbocycles. The lowest BCUT2D eigenvalue weighted by molar-refractivity contribution is -0.154. The Kier molecular flexibility index (Phi) is 12.1.